The molecule has 2 aliphatic rings. The van der Waals surface area contributed by atoms with Crippen LogP contribution >= 0.6 is 0 Å². The molecule has 3 nitrogen and oxygen atoms in total. The zero-order valence-electron chi connectivity index (χ0n) is 8.75. The minimum absolute atomic E-state index is 0.968. The Hall–Kier alpha value is -0.120. The van der Waals surface area contributed by atoms with Gasteiger partial charge in [-0.3, -0.25) is 9.80 Å². The average Bonchev–Trinajstić information content (AvgIpc) is 1.84. The molecule has 12 heavy (non-hydrogen) atoms. The highest BCUT2D eigenvalue weighted by Crippen LogP contribution is 2.09. The molecule has 3 heteroatoms. The number of nitrogens with zero attached hydrogens (tertiary/aromatic N) is 3. The predicted octanol–water partition coefficient (Wildman–Crippen LogP) is 0.346. The van der Waals surface area contributed by atoms with Crippen LogP contribution in [0.15, 0.2) is 0 Å². The molecule has 2 saturated heterocycles. The molecule has 0 aromatic carbocycles. The number of rotatable bonds is 0. The Morgan fingerprint density at radius 2 is 1.25 bits per heavy atom. The first-order valence-corrected chi connectivity index (χ1v) is 4.63. The third-order valence-corrected chi connectivity index (χ3v) is 2.21. The second-order valence-electron chi connectivity index (χ2n) is 4.32. The summed E-state index contributed by atoms with van der Waals surface area (Å²) in [5.74, 6) is 0.968. The molecule has 0 unspecified atom stereocenters. The molecule has 0 radical (unpaired) electrons. The van der Waals surface area contributed by atoms with Crippen LogP contribution in [0.5, 0.6) is 0 Å². The Morgan fingerprint density at radius 3 is 1.25 bits per heavy atom. The topological polar surface area (TPSA) is 9.72 Å². The molecule has 2 rings (SSSR count). The SMILES string of the molecule is CC1CN(C)C1.CN1CN(C)C1. The molecule has 72 valence electrons. The summed E-state index contributed by atoms with van der Waals surface area (Å²) in [5.41, 5.74) is 0. The Labute approximate surface area is 75.9 Å². The summed E-state index contributed by atoms with van der Waals surface area (Å²) in [6.45, 7) is 7.17. The van der Waals surface area contributed by atoms with Gasteiger partial charge >= 0.3 is 0 Å². The number of likely N-dealkylation sites (tertiary alicyclic amines) is 1. The van der Waals surface area contributed by atoms with Crippen LogP contribution in [0.1, 0.15) is 6.92 Å². The van der Waals surface area contributed by atoms with E-state index in [0.717, 1.165) is 19.3 Å². The predicted molar refractivity (Wildman–Crippen MR) is 51.9 cm³/mol. The van der Waals surface area contributed by atoms with E-state index in [1.807, 2.05) is 0 Å². The normalized spacial score (nSPS) is 27.0. The fourth-order valence-corrected chi connectivity index (χ4v) is 1.79. The highest BCUT2D eigenvalue weighted by atomic mass is 15.5. The van der Waals surface area contributed by atoms with Crippen molar-refractivity contribution in [2.45, 2.75) is 6.92 Å². The first kappa shape index (κ1) is 9.96. The third-order valence-electron chi connectivity index (χ3n) is 2.21. The highest BCUT2D eigenvalue weighted by molar-refractivity contribution is 4.71. The summed E-state index contributed by atoms with van der Waals surface area (Å²) in [6.07, 6.45) is 0. The second kappa shape index (κ2) is 4.21. The monoisotopic (exact) mass is 171 g/mol. The standard InChI is InChI=1S/C5H11N.C4H10N2/c2*1-5-3-6(2)4-5/h5H,3-4H2,1-2H3;3-4H2,1-2H3. The highest BCUT2D eigenvalue weighted by Gasteiger charge is 2.16. The lowest BCUT2D eigenvalue weighted by atomic mass is 10.1. The molecule has 0 aliphatic carbocycles. The number of hydrogen-bond acceptors (Lipinski definition) is 3. The van der Waals surface area contributed by atoms with Gasteiger partial charge < -0.3 is 4.90 Å². The largest absolute Gasteiger partial charge is 0.306 e. The van der Waals surface area contributed by atoms with E-state index in [1.54, 1.807) is 0 Å². The van der Waals surface area contributed by atoms with Crippen LogP contribution in [0.2, 0.25) is 0 Å². The van der Waals surface area contributed by atoms with Crippen LogP contribution in [0.4, 0.5) is 0 Å². The maximum Gasteiger partial charge on any atom is 0.0523 e. The molecule has 0 spiro atoms. The van der Waals surface area contributed by atoms with Crippen molar-refractivity contribution >= 4 is 0 Å². The van der Waals surface area contributed by atoms with Crippen LogP contribution in [0.3, 0.4) is 0 Å². The van der Waals surface area contributed by atoms with Gasteiger partial charge in [0.25, 0.3) is 0 Å². The Balaban J connectivity index is 0.000000120. The lowest BCUT2D eigenvalue weighted by Gasteiger charge is -2.36. The van der Waals surface area contributed by atoms with E-state index in [0.29, 0.717) is 0 Å². The Kier molecular flexibility index (Phi) is 3.50. The van der Waals surface area contributed by atoms with Gasteiger partial charge in [-0.2, -0.15) is 0 Å². The lowest BCUT2D eigenvalue weighted by molar-refractivity contribution is 0.0149. The smallest absolute Gasteiger partial charge is 0.0523 e. The van der Waals surface area contributed by atoms with E-state index in [4.69, 9.17) is 0 Å². The van der Waals surface area contributed by atoms with E-state index in [9.17, 15) is 0 Å². The molecule has 2 fully saturated rings. The Bertz CT molecular complexity index is 97.7. The zero-order chi connectivity index (χ0) is 9.14. The van der Waals surface area contributed by atoms with Crippen molar-refractivity contribution < 1.29 is 0 Å². The van der Waals surface area contributed by atoms with E-state index in [-0.39, 0.29) is 0 Å². The molecule has 0 atom stereocenters. The molecule has 0 bridgehead atoms. The summed E-state index contributed by atoms with van der Waals surface area (Å²) in [4.78, 5) is 6.82. The molecule has 0 aromatic rings. The maximum atomic E-state index is 2.32. The zero-order valence-corrected chi connectivity index (χ0v) is 8.75. The van der Waals surface area contributed by atoms with Crippen molar-refractivity contribution in [3.05, 3.63) is 0 Å². The van der Waals surface area contributed by atoms with Gasteiger partial charge in [0.1, 0.15) is 0 Å². The summed E-state index contributed by atoms with van der Waals surface area (Å²) in [5, 5.41) is 0. The summed E-state index contributed by atoms with van der Waals surface area (Å²) >= 11 is 0. The van der Waals surface area contributed by atoms with E-state index >= 15 is 0 Å². The second-order valence-corrected chi connectivity index (χ2v) is 4.32. The van der Waals surface area contributed by atoms with Crippen molar-refractivity contribution in [3.8, 4) is 0 Å². The average molecular weight is 171 g/mol. The Morgan fingerprint density at radius 1 is 0.833 bits per heavy atom. The van der Waals surface area contributed by atoms with E-state index in [1.165, 1.54) is 13.1 Å². The van der Waals surface area contributed by atoms with Gasteiger partial charge in [0.05, 0.1) is 13.3 Å². The summed E-state index contributed by atoms with van der Waals surface area (Å²) in [6, 6.07) is 0. The first-order valence-electron chi connectivity index (χ1n) is 4.63. The lowest BCUT2D eigenvalue weighted by Crippen LogP contribution is -2.50. The first-order chi connectivity index (χ1) is 5.58. The molecule has 2 aliphatic heterocycles. The molecular weight excluding hydrogens is 150 g/mol. The molecule has 0 amide bonds. The number of hydrogen-bond donors (Lipinski definition) is 0. The minimum atomic E-state index is 0.968. The molecule has 0 N–H and O–H groups in total. The van der Waals surface area contributed by atoms with Crippen LogP contribution < -0.4 is 0 Å². The van der Waals surface area contributed by atoms with E-state index in [2.05, 4.69) is 42.8 Å². The van der Waals surface area contributed by atoms with Crippen LogP contribution in [0.25, 0.3) is 0 Å². The molecular formula is C9H21N3. The summed E-state index contributed by atoms with van der Waals surface area (Å²) in [7, 11) is 6.38. The molecule has 0 aromatic heterocycles. The van der Waals surface area contributed by atoms with Gasteiger partial charge in [-0.1, -0.05) is 6.92 Å². The molecule has 0 saturated carbocycles. The summed E-state index contributed by atoms with van der Waals surface area (Å²) < 4.78 is 0. The minimum Gasteiger partial charge on any atom is -0.306 e. The van der Waals surface area contributed by atoms with Crippen LogP contribution in [-0.2, 0) is 0 Å². The van der Waals surface area contributed by atoms with Crippen molar-refractivity contribution in [2.75, 3.05) is 47.6 Å². The van der Waals surface area contributed by atoms with Gasteiger partial charge in [0.15, 0.2) is 0 Å². The van der Waals surface area contributed by atoms with Crippen molar-refractivity contribution in [2.24, 2.45) is 5.92 Å². The fourth-order valence-electron chi connectivity index (χ4n) is 1.79. The molecule has 2 heterocycles. The van der Waals surface area contributed by atoms with Gasteiger partial charge in [-0.05, 0) is 27.1 Å². The van der Waals surface area contributed by atoms with Crippen LogP contribution in [-0.4, -0.2) is 62.3 Å². The van der Waals surface area contributed by atoms with Gasteiger partial charge in [-0.25, -0.2) is 0 Å². The van der Waals surface area contributed by atoms with Gasteiger partial charge in [0, 0.05) is 13.1 Å². The third kappa shape index (κ3) is 3.09. The van der Waals surface area contributed by atoms with Crippen LogP contribution in [0, 0.1) is 5.92 Å². The van der Waals surface area contributed by atoms with Crippen molar-refractivity contribution in [1.82, 2.24) is 14.7 Å². The van der Waals surface area contributed by atoms with Gasteiger partial charge in [-0.15, -0.1) is 0 Å². The quantitative estimate of drug-likeness (QED) is 0.520. The van der Waals surface area contributed by atoms with Crippen molar-refractivity contribution in [3.63, 3.8) is 0 Å². The fraction of sp³-hybridized carbons (Fsp3) is 1.00. The van der Waals surface area contributed by atoms with Gasteiger partial charge in [0.2, 0.25) is 0 Å². The van der Waals surface area contributed by atoms with Crippen molar-refractivity contribution in [1.29, 1.82) is 0 Å². The maximum absolute atomic E-state index is 2.32. The van der Waals surface area contributed by atoms with E-state index < -0.39 is 0 Å².